The first-order valence-corrected chi connectivity index (χ1v) is 13.8. The van der Waals surface area contributed by atoms with Gasteiger partial charge in [-0.1, -0.05) is 26.8 Å². The van der Waals surface area contributed by atoms with E-state index < -0.39 is 23.3 Å². The summed E-state index contributed by atoms with van der Waals surface area (Å²) in [6, 6.07) is 11.0. The van der Waals surface area contributed by atoms with Gasteiger partial charge in [0.15, 0.2) is 0 Å². The van der Waals surface area contributed by atoms with E-state index in [1.54, 1.807) is 35.0 Å². The van der Waals surface area contributed by atoms with E-state index in [0.29, 0.717) is 44.7 Å². The van der Waals surface area contributed by atoms with E-state index in [2.05, 4.69) is 15.5 Å². The number of aryl methyl sites for hydroxylation is 1. The number of nitrogens with zero attached hydrogens (tertiary/aromatic N) is 3. The lowest BCUT2D eigenvalue weighted by molar-refractivity contribution is -0.139. The Hall–Kier alpha value is -3.95. The summed E-state index contributed by atoms with van der Waals surface area (Å²) in [7, 11) is 1.77. The monoisotopic (exact) mass is 551 g/mol. The molecule has 2 aliphatic rings. The minimum Gasteiger partial charge on any atom is -0.341 e. The SMILES string of the molecule is CCc1ccc(F)c(C(=O)N[C@@H](C(=O)N2CCC3(CC2)C(=O)N(C)CN3c2ccc(NC(C)=O)cc2)C(C)C)c1. The molecule has 2 aromatic carbocycles. The molecule has 10 heteroatoms. The number of piperidine rings is 1. The van der Waals surface area contributed by atoms with Gasteiger partial charge in [-0.25, -0.2) is 4.39 Å². The molecule has 1 atom stereocenters. The molecule has 2 saturated heterocycles. The van der Waals surface area contributed by atoms with Crippen LogP contribution in [0, 0.1) is 11.7 Å². The van der Waals surface area contributed by atoms with E-state index in [-0.39, 0.29) is 29.2 Å². The van der Waals surface area contributed by atoms with Gasteiger partial charge < -0.3 is 25.3 Å². The lowest BCUT2D eigenvalue weighted by atomic mass is 9.85. The number of likely N-dealkylation sites (tertiary alicyclic amines) is 1. The maximum Gasteiger partial charge on any atom is 0.254 e. The fourth-order valence-electron chi connectivity index (χ4n) is 5.62. The topological polar surface area (TPSA) is 102 Å². The molecule has 2 fully saturated rings. The summed E-state index contributed by atoms with van der Waals surface area (Å²) in [5.41, 5.74) is 1.50. The van der Waals surface area contributed by atoms with Crippen LogP contribution in [0.3, 0.4) is 0 Å². The molecule has 9 nitrogen and oxygen atoms in total. The molecule has 40 heavy (non-hydrogen) atoms. The molecule has 0 unspecified atom stereocenters. The molecule has 4 rings (SSSR count). The smallest absolute Gasteiger partial charge is 0.254 e. The van der Waals surface area contributed by atoms with Crippen LogP contribution in [0.2, 0.25) is 0 Å². The summed E-state index contributed by atoms with van der Waals surface area (Å²) in [5, 5.41) is 5.52. The Labute approximate surface area is 234 Å². The molecule has 0 bridgehead atoms. The Morgan fingerprint density at radius 3 is 2.27 bits per heavy atom. The Morgan fingerprint density at radius 1 is 1.05 bits per heavy atom. The Morgan fingerprint density at radius 2 is 1.70 bits per heavy atom. The zero-order valence-electron chi connectivity index (χ0n) is 23.8. The number of hydrogen-bond donors (Lipinski definition) is 2. The second kappa shape index (κ2) is 11.7. The number of nitrogens with one attached hydrogen (secondary N) is 2. The van der Waals surface area contributed by atoms with E-state index >= 15 is 0 Å². The summed E-state index contributed by atoms with van der Waals surface area (Å²) in [5.74, 6) is -1.86. The largest absolute Gasteiger partial charge is 0.341 e. The number of benzene rings is 2. The molecule has 2 aromatic rings. The van der Waals surface area contributed by atoms with Gasteiger partial charge in [0.25, 0.3) is 5.91 Å². The van der Waals surface area contributed by atoms with Crippen molar-refractivity contribution in [2.75, 3.05) is 37.0 Å². The van der Waals surface area contributed by atoms with Crippen molar-refractivity contribution in [2.24, 2.45) is 5.92 Å². The predicted octanol–water partition coefficient (Wildman–Crippen LogP) is 3.40. The summed E-state index contributed by atoms with van der Waals surface area (Å²) in [6.45, 7) is 8.16. The lowest BCUT2D eigenvalue weighted by Crippen LogP contribution is -2.60. The zero-order chi connectivity index (χ0) is 29.2. The predicted molar refractivity (Wildman–Crippen MR) is 151 cm³/mol. The summed E-state index contributed by atoms with van der Waals surface area (Å²) in [6.07, 6.45) is 1.52. The van der Waals surface area contributed by atoms with Crippen molar-refractivity contribution in [3.05, 3.63) is 59.4 Å². The molecule has 0 aliphatic carbocycles. The van der Waals surface area contributed by atoms with Crippen LogP contribution in [0.15, 0.2) is 42.5 Å². The molecule has 2 N–H and O–H groups in total. The Kier molecular flexibility index (Phi) is 8.46. The number of anilines is 2. The van der Waals surface area contributed by atoms with Crippen molar-refractivity contribution in [1.29, 1.82) is 0 Å². The van der Waals surface area contributed by atoms with Crippen LogP contribution in [0.4, 0.5) is 15.8 Å². The van der Waals surface area contributed by atoms with E-state index in [9.17, 15) is 23.6 Å². The second-order valence-corrected chi connectivity index (χ2v) is 11.0. The first kappa shape index (κ1) is 29.0. The summed E-state index contributed by atoms with van der Waals surface area (Å²) in [4.78, 5) is 56.9. The molecular weight excluding hydrogens is 513 g/mol. The van der Waals surface area contributed by atoms with Crippen LogP contribution < -0.4 is 15.5 Å². The van der Waals surface area contributed by atoms with Gasteiger partial charge in [0.05, 0.1) is 12.2 Å². The van der Waals surface area contributed by atoms with Gasteiger partial charge in [-0.05, 0) is 67.1 Å². The highest BCUT2D eigenvalue weighted by Gasteiger charge is 2.53. The molecule has 2 aliphatic heterocycles. The van der Waals surface area contributed by atoms with E-state index in [1.165, 1.54) is 19.1 Å². The first-order valence-electron chi connectivity index (χ1n) is 13.8. The Balaban J connectivity index is 1.48. The van der Waals surface area contributed by atoms with Crippen molar-refractivity contribution >= 4 is 35.0 Å². The van der Waals surface area contributed by atoms with Crippen LogP contribution in [-0.4, -0.2) is 71.8 Å². The van der Waals surface area contributed by atoms with Crippen molar-refractivity contribution in [3.63, 3.8) is 0 Å². The maximum absolute atomic E-state index is 14.4. The van der Waals surface area contributed by atoms with Crippen LogP contribution >= 0.6 is 0 Å². The third-order valence-electron chi connectivity index (χ3n) is 7.92. The van der Waals surface area contributed by atoms with Crippen LogP contribution in [0.1, 0.15) is 56.5 Å². The van der Waals surface area contributed by atoms with Crippen molar-refractivity contribution in [1.82, 2.24) is 15.1 Å². The number of carbonyl (C=O) groups is 4. The highest BCUT2D eigenvalue weighted by molar-refractivity contribution is 5.98. The molecular formula is C30H38FN5O4. The molecule has 4 amide bonds. The van der Waals surface area contributed by atoms with Crippen molar-refractivity contribution in [2.45, 2.75) is 58.5 Å². The third kappa shape index (κ3) is 5.66. The number of halogens is 1. The number of likely N-dealkylation sites (N-methyl/N-ethyl adjacent to an activating group) is 1. The number of hydrogen-bond acceptors (Lipinski definition) is 5. The fourth-order valence-corrected chi connectivity index (χ4v) is 5.62. The van der Waals surface area contributed by atoms with Crippen LogP contribution in [0.25, 0.3) is 0 Å². The molecule has 2 heterocycles. The molecule has 214 valence electrons. The standard InChI is InChI=1S/C30H38FN5O4/c1-6-21-7-12-25(31)24(17-21)27(38)33-26(19(2)3)28(39)35-15-13-30(14-16-35)29(40)34(5)18-36(30)23-10-8-22(9-11-23)32-20(4)37/h7-12,17,19,26H,6,13-16,18H2,1-5H3,(H,32,37)(H,33,38)/t26-/m1/s1. The van der Waals surface area contributed by atoms with Crippen LogP contribution in [-0.2, 0) is 20.8 Å². The summed E-state index contributed by atoms with van der Waals surface area (Å²) >= 11 is 0. The second-order valence-electron chi connectivity index (χ2n) is 11.0. The average molecular weight is 552 g/mol. The van der Waals surface area contributed by atoms with Gasteiger partial charge in [0, 0.05) is 38.4 Å². The van der Waals surface area contributed by atoms with Crippen LogP contribution in [0.5, 0.6) is 0 Å². The first-order chi connectivity index (χ1) is 19.0. The van der Waals surface area contributed by atoms with E-state index in [4.69, 9.17) is 0 Å². The van der Waals surface area contributed by atoms with E-state index in [0.717, 1.165) is 11.3 Å². The number of rotatable bonds is 7. The molecule has 1 spiro atoms. The lowest BCUT2D eigenvalue weighted by Gasteiger charge is -2.44. The maximum atomic E-state index is 14.4. The number of carbonyl (C=O) groups excluding carboxylic acids is 4. The van der Waals surface area contributed by atoms with Gasteiger partial charge in [-0.15, -0.1) is 0 Å². The number of amides is 4. The highest BCUT2D eigenvalue weighted by atomic mass is 19.1. The zero-order valence-corrected chi connectivity index (χ0v) is 23.8. The van der Waals surface area contributed by atoms with Gasteiger partial charge in [-0.2, -0.15) is 0 Å². The highest BCUT2D eigenvalue weighted by Crippen LogP contribution is 2.39. The average Bonchev–Trinajstić information content (AvgIpc) is 3.16. The van der Waals surface area contributed by atoms with Gasteiger partial charge in [0.2, 0.25) is 17.7 Å². The van der Waals surface area contributed by atoms with E-state index in [1.807, 2.05) is 32.9 Å². The van der Waals surface area contributed by atoms with Crippen molar-refractivity contribution in [3.8, 4) is 0 Å². The van der Waals surface area contributed by atoms with Crippen molar-refractivity contribution < 1.29 is 23.6 Å². The van der Waals surface area contributed by atoms with Gasteiger partial charge in [0.1, 0.15) is 17.4 Å². The molecule has 0 saturated carbocycles. The Bertz CT molecular complexity index is 1290. The van der Waals surface area contributed by atoms with Gasteiger partial charge >= 0.3 is 0 Å². The molecule has 0 radical (unpaired) electrons. The molecule has 0 aromatic heterocycles. The normalized spacial score (nSPS) is 17.4. The minimum atomic E-state index is -0.828. The minimum absolute atomic E-state index is 0.00512. The quantitative estimate of drug-likeness (QED) is 0.549. The fraction of sp³-hybridized carbons (Fsp3) is 0.467. The third-order valence-corrected chi connectivity index (χ3v) is 7.92. The van der Waals surface area contributed by atoms with Gasteiger partial charge in [-0.3, -0.25) is 19.2 Å². The summed E-state index contributed by atoms with van der Waals surface area (Å²) < 4.78 is 14.4.